The highest BCUT2D eigenvalue weighted by Gasteiger charge is 2.25. The average molecular weight is 493 g/mol. The number of aryl methyl sites for hydroxylation is 1. The number of hydrogen-bond acceptors (Lipinski definition) is 4. The lowest BCUT2D eigenvalue weighted by Gasteiger charge is -2.31. The van der Waals surface area contributed by atoms with Crippen LogP contribution in [0.15, 0.2) is 60.0 Å². The molecule has 3 aromatic rings. The predicted octanol–water partition coefficient (Wildman–Crippen LogP) is 5.93. The van der Waals surface area contributed by atoms with Gasteiger partial charge in [0.05, 0.1) is 18.2 Å². The molecule has 0 aliphatic carbocycles. The van der Waals surface area contributed by atoms with Crippen molar-refractivity contribution in [2.24, 2.45) is 0 Å². The molecule has 0 aliphatic heterocycles. The lowest BCUT2D eigenvalue weighted by Crippen LogP contribution is -2.47. The van der Waals surface area contributed by atoms with Crippen LogP contribution in [-0.2, 0) is 17.9 Å². The summed E-state index contributed by atoms with van der Waals surface area (Å²) in [6, 6.07) is 16.2. The van der Waals surface area contributed by atoms with Crippen LogP contribution < -0.4 is 5.32 Å². The zero-order valence-electron chi connectivity index (χ0n) is 20.1. The van der Waals surface area contributed by atoms with Gasteiger partial charge in [-0.3, -0.25) is 4.79 Å². The Balaban J connectivity index is 1.79. The summed E-state index contributed by atoms with van der Waals surface area (Å²) in [6.45, 7) is 6.49. The van der Waals surface area contributed by atoms with Gasteiger partial charge in [0.25, 0.3) is 0 Å². The zero-order chi connectivity index (χ0) is 25.4. The van der Waals surface area contributed by atoms with Gasteiger partial charge in [-0.15, -0.1) is 11.3 Å². The van der Waals surface area contributed by atoms with E-state index in [1.807, 2.05) is 38.3 Å². The average Bonchev–Trinajstić information content (AvgIpc) is 3.27. The number of carbonyl (C=O) groups is 2. The molecular formula is C27H29FN4O2S. The van der Waals surface area contributed by atoms with Crippen LogP contribution >= 0.6 is 11.3 Å². The van der Waals surface area contributed by atoms with Gasteiger partial charge >= 0.3 is 6.03 Å². The first-order chi connectivity index (χ1) is 16.8. The standard InChI is InChI=1S/C27H29FN4O2S/c1-4-20(3)32(27(34)30-24-11-7-21(15-29)8-12-24)18-26(33)31(17-25-19(2)13-14-35-25)16-22-5-9-23(28)10-6-22/h5-14,20H,4,16-18H2,1-3H3,(H,30,34). The first kappa shape index (κ1) is 25.9. The first-order valence-electron chi connectivity index (χ1n) is 11.4. The van der Waals surface area contributed by atoms with Crippen LogP contribution in [0.25, 0.3) is 0 Å². The lowest BCUT2D eigenvalue weighted by atomic mass is 10.2. The Hall–Kier alpha value is -3.70. The maximum Gasteiger partial charge on any atom is 0.322 e. The quantitative estimate of drug-likeness (QED) is 0.402. The summed E-state index contributed by atoms with van der Waals surface area (Å²) in [6.07, 6.45) is 0.677. The molecule has 0 saturated heterocycles. The van der Waals surface area contributed by atoms with Gasteiger partial charge < -0.3 is 15.1 Å². The Bertz CT molecular complexity index is 1190. The van der Waals surface area contributed by atoms with Crippen molar-refractivity contribution >= 4 is 29.0 Å². The smallest absolute Gasteiger partial charge is 0.322 e. The van der Waals surface area contributed by atoms with Gasteiger partial charge in [0.2, 0.25) is 5.91 Å². The summed E-state index contributed by atoms with van der Waals surface area (Å²) < 4.78 is 13.4. The maximum absolute atomic E-state index is 13.5. The normalized spacial score (nSPS) is 11.4. The van der Waals surface area contributed by atoms with E-state index in [1.54, 1.807) is 52.6 Å². The zero-order valence-corrected chi connectivity index (χ0v) is 20.9. The summed E-state index contributed by atoms with van der Waals surface area (Å²) in [5.74, 6) is -0.527. The first-order valence-corrected chi connectivity index (χ1v) is 12.3. The second kappa shape index (κ2) is 12.1. The summed E-state index contributed by atoms with van der Waals surface area (Å²) in [7, 11) is 0. The van der Waals surface area contributed by atoms with Crippen molar-refractivity contribution in [2.75, 3.05) is 11.9 Å². The van der Waals surface area contributed by atoms with E-state index in [4.69, 9.17) is 5.26 Å². The van der Waals surface area contributed by atoms with Gasteiger partial charge in [0.15, 0.2) is 0 Å². The van der Waals surface area contributed by atoms with Gasteiger partial charge in [-0.1, -0.05) is 19.1 Å². The molecule has 6 nitrogen and oxygen atoms in total. The van der Waals surface area contributed by atoms with Crippen molar-refractivity contribution in [1.82, 2.24) is 9.80 Å². The molecule has 0 bridgehead atoms. The molecular weight excluding hydrogens is 463 g/mol. The molecule has 0 spiro atoms. The van der Waals surface area contributed by atoms with Crippen LogP contribution in [0.2, 0.25) is 0 Å². The molecule has 0 saturated carbocycles. The van der Waals surface area contributed by atoms with Crippen molar-refractivity contribution in [3.05, 3.63) is 87.4 Å². The number of amides is 3. The second-order valence-corrected chi connectivity index (χ2v) is 9.41. The van der Waals surface area contributed by atoms with Gasteiger partial charge in [0.1, 0.15) is 12.4 Å². The highest BCUT2D eigenvalue weighted by molar-refractivity contribution is 7.10. The van der Waals surface area contributed by atoms with Crippen LogP contribution in [0.3, 0.4) is 0 Å². The SMILES string of the molecule is CCC(C)N(CC(=O)N(Cc1ccc(F)cc1)Cc1sccc1C)C(=O)Nc1ccc(C#N)cc1. The number of carbonyl (C=O) groups excluding carboxylic acids is 2. The number of halogens is 1. The number of anilines is 1. The highest BCUT2D eigenvalue weighted by Crippen LogP contribution is 2.20. The molecule has 1 N–H and O–H groups in total. The molecule has 0 aliphatic rings. The third-order valence-corrected chi connectivity index (χ3v) is 6.90. The molecule has 3 rings (SSSR count). The van der Waals surface area contributed by atoms with Crippen molar-refractivity contribution in [2.45, 2.75) is 46.3 Å². The monoisotopic (exact) mass is 492 g/mol. The Labute approximate surface area is 209 Å². The third kappa shape index (κ3) is 7.14. The van der Waals surface area contributed by atoms with E-state index in [0.29, 0.717) is 30.8 Å². The van der Waals surface area contributed by atoms with Gasteiger partial charge in [-0.25, -0.2) is 9.18 Å². The Morgan fingerprint density at radius 2 is 1.77 bits per heavy atom. The summed E-state index contributed by atoms with van der Waals surface area (Å²) >= 11 is 1.58. The number of nitrogens with one attached hydrogen (secondary N) is 1. The number of nitrogens with zero attached hydrogens (tertiary/aromatic N) is 3. The largest absolute Gasteiger partial charge is 0.332 e. The van der Waals surface area contributed by atoms with Crippen molar-refractivity contribution in [1.29, 1.82) is 5.26 Å². The summed E-state index contributed by atoms with van der Waals surface area (Å²) in [5.41, 5.74) is 2.96. The molecule has 182 valence electrons. The Morgan fingerprint density at radius 3 is 2.34 bits per heavy atom. The molecule has 8 heteroatoms. The number of hydrogen-bond donors (Lipinski definition) is 1. The predicted molar refractivity (Wildman–Crippen MR) is 136 cm³/mol. The van der Waals surface area contributed by atoms with Crippen LogP contribution in [0.4, 0.5) is 14.9 Å². The molecule has 1 atom stereocenters. The molecule has 1 heterocycles. The molecule has 1 unspecified atom stereocenters. The fourth-order valence-electron chi connectivity index (χ4n) is 3.50. The van der Waals surface area contributed by atoms with Crippen molar-refractivity contribution in [3.8, 4) is 6.07 Å². The van der Waals surface area contributed by atoms with E-state index in [0.717, 1.165) is 16.0 Å². The number of benzene rings is 2. The molecule has 2 aromatic carbocycles. The third-order valence-electron chi connectivity index (χ3n) is 5.90. The van der Waals surface area contributed by atoms with Crippen LogP contribution in [0.5, 0.6) is 0 Å². The minimum Gasteiger partial charge on any atom is -0.332 e. The highest BCUT2D eigenvalue weighted by atomic mass is 32.1. The molecule has 1 aromatic heterocycles. The van der Waals surface area contributed by atoms with Crippen LogP contribution in [0, 0.1) is 24.1 Å². The van der Waals surface area contributed by atoms with E-state index >= 15 is 0 Å². The number of urea groups is 1. The number of rotatable bonds is 9. The van der Waals surface area contributed by atoms with E-state index in [-0.39, 0.29) is 30.3 Å². The van der Waals surface area contributed by atoms with E-state index in [9.17, 15) is 14.0 Å². The lowest BCUT2D eigenvalue weighted by molar-refractivity contribution is -0.133. The summed E-state index contributed by atoms with van der Waals surface area (Å²) in [4.78, 5) is 31.0. The second-order valence-electron chi connectivity index (χ2n) is 8.41. The van der Waals surface area contributed by atoms with Gasteiger partial charge in [-0.2, -0.15) is 5.26 Å². The van der Waals surface area contributed by atoms with E-state index in [1.165, 1.54) is 17.0 Å². The fraction of sp³-hybridized carbons (Fsp3) is 0.296. The number of nitriles is 1. The van der Waals surface area contributed by atoms with Crippen LogP contribution in [0.1, 0.15) is 41.8 Å². The van der Waals surface area contributed by atoms with Crippen LogP contribution in [-0.4, -0.2) is 34.3 Å². The maximum atomic E-state index is 13.5. The number of thiophene rings is 1. The molecule has 3 amide bonds. The van der Waals surface area contributed by atoms with Gasteiger partial charge in [-0.05, 0) is 79.2 Å². The van der Waals surface area contributed by atoms with Crippen molar-refractivity contribution in [3.63, 3.8) is 0 Å². The van der Waals surface area contributed by atoms with E-state index < -0.39 is 0 Å². The molecule has 0 radical (unpaired) electrons. The minimum absolute atomic E-state index is 0.0945. The Morgan fingerprint density at radius 1 is 1.09 bits per heavy atom. The minimum atomic E-state index is -0.383. The summed E-state index contributed by atoms with van der Waals surface area (Å²) in [5, 5.41) is 13.8. The van der Waals surface area contributed by atoms with Crippen molar-refractivity contribution < 1.29 is 14.0 Å². The Kier molecular flexibility index (Phi) is 8.98. The fourth-order valence-corrected chi connectivity index (χ4v) is 4.42. The topological polar surface area (TPSA) is 76.4 Å². The van der Waals surface area contributed by atoms with Gasteiger partial charge in [0, 0.05) is 23.2 Å². The van der Waals surface area contributed by atoms with E-state index in [2.05, 4.69) is 5.32 Å². The molecule has 0 fully saturated rings. The molecule has 35 heavy (non-hydrogen) atoms.